The molecule has 0 spiro atoms. The Balaban J connectivity index is 1.17. The second-order valence-corrected chi connectivity index (χ2v) is 15.6. The van der Waals surface area contributed by atoms with Gasteiger partial charge in [0.1, 0.15) is 0 Å². The molecular formula is C45H38S2. The molecule has 47 heavy (non-hydrogen) atoms. The number of hydrogen-bond donors (Lipinski definition) is 0. The van der Waals surface area contributed by atoms with Crippen molar-refractivity contribution in [2.24, 2.45) is 0 Å². The Bertz CT molecular complexity index is 2330. The predicted octanol–water partition coefficient (Wildman–Crippen LogP) is 14.4. The van der Waals surface area contributed by atoms with Gasteiger partial charge in [-0.05, 0) is 98.9 Å². The van der Waals surface area contributed by atoms with Crippen LogP contribution in [0.1, 0.15) is 74.6 Å². The maximum Gasteiger partial charge on any atom is 0.0433 e. The van der Waals surface area contributed by atoms with E-state index in [4.69, 9.17) is 0 Å². The molecule has 0 fully saturated rings. The molecule has 6 aromatic carbocycles. The molecule has 0 saturated carbocycles. The minimum atomic E-state index is 0.557. The molecule has 2 heteroatoms. The monoisotopic (exact) mass is 642 g/mol. The minimum absolute atomic E-state index is 0.557. The van der Waals surface area contributed by atoms with Crippen molar-refractivity contribution in [3.05, 3.63) is 131 Å². The minimum Gasteiger partial charge on any atom is -0.134 e. The second kappa shape index (κ2) is 11.2. The van der Waals surface area contributed by atoms with Gasteiger partial charge in [-0.25, -0.2) is 0 Å². The summed E-state index contributed by atoms with van der Waals surface area (Å²) < 4.78 is 5.70. The van der Waals surface area contributed by atoms with Crippen molar-refractivity contribution in [3.63, 3.8) is 0 Å². The molecule has 0 aliphatic heterocycles. The van der Waals surface area contributed by atoms with Crippen LogP contribution in [-0.4, -0.2) is 0 Å². The summed E-state index contributed by atoms with van der Waals surface area (Å²) in [5.41, 5.74) is 13.9. The van der Waals surface area contributed by atoms with Gasteiger partial charge in [-0.2, -0.15) is 0 Å². The average Bonchev–Trinajstić information content (AvgIpc) is 3.81. The first-order valence-corrected chi connectivity index (χ1v) is 18.8. The first-order valence-electron chi connectivity index (χ1n) is 17.2. The highest BCUT2D eigenvalue weighted by Gasteiger charge is 2.22. The van der Waals surface area contributed by atoms with Gasteiger partial charge in [0.2, 0.25) is 0 Å². The van der Waals surface area contributed by atoms with E-state index in [0.29, 0.717) is 11.8 Å². The van der Waals surface area contributed by atoms with E-state index in [2.05, 4.69) is 137 Å². The number of hydrogen-bond acceptors (Lipinski definition) is 2. The summed E-state index contributed by atoms with van der Waals surface area (Å²) in [6, 6.07) is 42.0. The lowest BCUT2D eigenvalue weighted by Gasteiger charge is -2.10. The normalized spacial score (nSPS) is 13.9. The lowest BCUT2D eigenvalue weighted by atomic mass is 9.94. The number of benzene rings is 6. The van der Waals surface area contributed by atoms with Gasteiger partial charge in [0.15, 0.2) is 0 Å². The van der Waals surface area contributed by atoms with Gasteiger partial charge >= 0.3 is 0 Å². The number of fused-ring (bicyclic) bond motifs is 9. The highest BCUT2D eigenvalue weighted by atomic mass is 32.1. The van der Waals surface area contributed by atoms with Crippen LogP contribution in [0.3, 0.4) is 0 Å². The van der Waals surface area contributed by atoms with Crippen molar-refractivity contribution >= 4 is 63.0 Å². The maximum atomic E-state index is 2.47. The molecule has 2 heterocycles. The third-order valence-corrected chi connectivity index (χ3v) is 13.5. The van der Waals surface area contributed by atoms with E-state index < -0.39 is 0 Å². The Hall–Kier alpha value is -4.24. The van der Waals surface area contributed by atoms with Crippen molar-refractivity contribution in [2.45, 2.75) is 58.8 Å². The van der Waals surface area contributed by atoms with Gasteiger partial charge in [-0.15, -0.1) is 22.7 Å². The van der Waals surface area contributed by atoms with Crippen LogP contribution in [-0.2, 0) is 6.42 Å². The SMILES string of the molecule is CCC(C)c1cccc2c1sc1c(-c3ccc4c(c3)-c3cc(-c5cccc6c5sc5c(C(C)CC)cccc56)ccc3C4)cccc12. The highest BCUT2D eigenvalue weighted by molar-refractivity contribution is 7.27. The summed E-state index contributed by atoms with van der Waals surface area (Å²) in [4.78, 5) is 0. The molecule has 2 atom stereocenters. The van der Waals surface area contributed by atoms with E-state index in [1.54, 1.807) is 0 Å². The molecule has 1 aliphatic rings. The van der Waals surface area contributed by atoms with Gasteiger partial charge in [-0.1, -0.05) is 125 Å². The fourth-order valence-electron chi connectivity index (χ4n) is 7.86. The summed E-state index contributed by atoms with van der Waals surface area (Å²) in [7, 11) is 0. The smallest absolute Gasteiger partial charge is 0.0433 e. The predicted molar refractivity (Wildman–Crippen MR) is 209 cm³/mol. The van der Waals surface area contributed by atoms with Gasteiger partial charge < -0.3 is 0 Å². The fourth-order valence-corrected chi connectivity index (χ4v) is 10.8. The molecule has 0 amide bonds. The number of rotatable bonds is 6. The Morgan fingerprint density at radius 1 is 0.468 bits per heavy atom. The molecule has 0 saturated heterocycles. The Morgan fingerprint density at radius 2 is 0.872 bits per heavy atom. The lowest BCUT2D eigenvalue weighted by Crippen LogP contribution is -1.90. The van der Waals surface area contributed by atoms with Crippen LogP contribution in [0.15, 0.2) is 109 Å². The van der Waals surface area contributed by atoms with E-state index in [9.17, 15) is 0 Å². The van der Waals surface area contributed by atoms with Crippen LogP contribution in [0, 0.1) is 0 Å². The zero-order valence-electron chi connectivity index (χ0n) is 27.5. The van der Waals surface area contributed by atoms with Crippen LogP contribution in [0.4, 0.5) is 0 Å². The summed E-state index contributed by atoms with van der Waals surface area (Å²) in [6.07, 6.45) is 3.31. The summed E-state index contributed by atoms with van der Waals surface area (Å²) in [6.45, 7) is 9.31. The molecule has 0 radical (unpaired) electrons. The zero-order valence-corrected chi connectivity index (χ0v) is 29.1. The van der Waals surface area contributed by atoms with E-state index in [1.807, 2.05) is 22.7 Å². The van der Waals surface area contributed by atoms with Crippen molar-refractivity contribution in [1.82, 2.24) is 0 Å². The van der Waals surface area contributed by atoms with Gasteiger partial charge in [0, 0.05) is 40.3 Å². The molecular weight excluding hydrogens is 605 g/mol. The molecule has 0 N–H and O–H groups in total. The van der Waals surface area contributed by atoms with Crippen LogP contribution < -0.4 is 0 Å². The Morgan fingerprint density at radius 3 is 1.30 bits per heavy atom. The van der Waals surface area contributed by atoms with E-state index in [-0.39, 0.29) is 0 Å². The van der Waals surface area contributed by atoms with Gasteiger partial charge in [-0.3, -0.25) is 0 Å². The average molecular weight is 643 g/mol. The first kappa shape index (κ1) is 28.9. The molecule has 1 aliphatic carbocycles. The second-order valence-electron chi connectivity index (χ2n) is 13.6. The molecule has 2 unspecified atom stereocenters. The quantitative estimate of drug-likeness (QED) is 0.169. The Kier molecular flexibility index (Phi) is 6.89. The molecule has 0 nitrogen and oxygen atoms in total. The molecule has 9 rings (SSSR count). The fraction of sp³-hybridized carbons (Fsp3) is 0.200. The van der Waals surface area contributed by atoms with Crippen LogP contribution in [0.25, 0.3) is 73.7 Å². The largest absolute Gasteiger partial charge is 0.134 e. The molecule has 8 aromatic rings. The molecule has 2 aromatic heterocycles. The van der Waals surface area contributed by atoms with Gasteiger partial charge in [0.05, 0.1) is 0 Å². The van der Waals surface area contributed by atoms with E-state index in [0.717, 1.165) is 19.3 Å². The number of thiophene rings is 2. The van der Waals surface area contributed by atoms with E-state index in [1.165, 1.54) is 96.0 Å². The van der Waals surface area contributed by atoms with Crippen LogP contribution in [0.5, 0.6) is 0 Å². The van der Waals surface area contributed by atoms with Gasteiger partial charge in [0.25, 0.3) is 0 Å². The van der Waals surface area contributed by atoms with Crippen LogP contribution >= 0.6 is 22.7 Å². The van der Waals surface area contributed by atoms with Crippen molar-refractivity contribution < 1.29 is 0 Å². The Labute approximate surface area is 285 Å². The molecule has 230 valence electrons. The van der Waals surface area contributed by atoms with E-state index >= 15 is 0 Å². The third-order valence-electron chi connectivity index (χ3n) is 10.9. The maximum absolute atomic E-state index is 2.47. The molecule has 0 bridgehead atoms. The zero-order chi connectivity index (χ0) is 31.8. The van der Waals surface area contributed by atoms with Crippen LogP contribution in [0.2, 0.25) is 0 Å². The van der Waals surface area contributed by atoms with Crippen molar-refractivity contribution in [3.8, 4) is 33.4 Å². The standard InChI is InChI=1S/C45H38S2/c1-5-26(3)32-11-7-15-36-38-17-9-13-34(44(38)46-42(32)36)30-21-19-28-23-29-20-22-31(25-41(29)40(28)24-30)35-14-10-18-39-37-16-8-12-33(27(4)6-2)43(37)47-45(35)39/h7-22,24-27H,5-6,23H2,1-4H3. The topological polar surface area (TPSA) is 0 Å². The van der Waals surface area contributed by atoms with Crippen molar-refractivity contribution in [1.29, 1.82) is 0 Å². The first-order chi connectivity index (χ1) is 23.0. The summed E-state index contributed by atoms with van der Waals surface area (Å²) in [5.74, 6) is 1.11. The lowest BCUT2D eigenvalue weighted by molar-refractivity contribution is 0.740. The van der Waals surface area contributed by atoms with Crippen molar-refractivity contribution in [2.75, 3.05) is 0 Å². The summed E-state index contributed by atoms with van der Waals surface area (Å²) >= 11 is 3.96. The highest BCUT2D eigenvalue weighted by Crippen LogP contribution is 2.47. The summed E-state index contributed by atoms with van der Waals surface area (Å²) in [5, 5.41) is 5.55. The third kappa shape index (κ3) is 4.45.